The van der Waals surface area contributed by atoms with E-state index in [2.05, 4.69) is 34.5 Å². The van der Waals surface area contributed by atoms with Gasteiger partial charge in [0.05, 0.1) is 11.9 Å². The first kappa shape index (κ1) is 14.1. The van der Waals surface area contributed by atoms with Crippen molar-refractivity contribution in [2.24, 2.45) is 5.92 Å². The summed E-state index contributed by atoms with van der Waals surface area (Å²) in [6.45, 7) is 8.68. The van der Waals surface area contributed by atoms with E-state index in [0.29, 0.717) is 13.0 Å². The molecule has 21 heavy (non-hydrogen) atoms. The van der Waals surface area contributed by atoms with E-state index in [1.807, 2.05) is 18.3 Å². The molecule has 0 aromatic carbocycles. The van der Waals surface area contributed by atoms with Crippen LogP contribution >= 0.6 is 0 Å². The van der Waals surface area contributed by atoms with Crippen LogP contribution < -0.4 is 9.80 Å². The minimum absolute atomic E-state index is 0.139. The van der Waals surface area contributed by atoms with Gasteiger partial charge in [0, 0.05) is 45.1 Å². The standard InChI is InChI=1S/C16H22N4O/c1-3-13-10-16(21)20(12-13)15-5-4-14(11-17-15)19-8-6-18(2)7-9-19/h3-5,11,13H,1,6-10,12H2,2H3. The highest BCUT2D eigenvalue weighted by Gasteiger charge is 2.29. The molecule has 3 rings (SSSR count). The van der Waals surface area contributed by atoms with Gasteiger partial charge in [0.1, 0.15) is 5.82 Å². The molecule has 5 heteroatoms. The maximum absolute atomic E-state index is 12.0. The van der Waals surface area contributed by atoms with Gasteiger partial charge >= 0.3 is 0 Å². The van der Waals surface area contributed by atoms with Crippen molar-refractivity contribution in [1.29, 1.82) is 0 Å². The van der Waals surface area contributed by atoms with E-state index in [9.17, 15) is 4.79 Å². The maximum atomic E-state index is 12.0. The van der Waals surface area contributed by atoms with Gasteiger partial charge in [0.2, 0.25) is 5.91 Å². The minimum atomic E-state index is 0.139. The third kappa shape index (κ3) is 2.93. The highest BCUT2D eigenvalue weighted by Crippen LogP contribution is 2.25. The highest BCUT2D eigenvalue weighted by atomic mass is 16.2. The number of hydrogen-bond acceptors (Lipinski definition) is 4. The molecule has 0 spiro atoms. The lowest BCUT2D eigenvalue weighted by Gasteiger charge is -2.33. The molecule has 0 N–H and O–H groups in total. The molecule has 2 aliphatic heterocycles. The lowest BCUT2D eigenvalue weighted by atomic mass is 10.1. The van der Waals surface area contributed by atoms with E-state index in [4.69, 9.17) is 0 Å². The number of rotatable bonds is 3. The zero-order valence-corrected chi connectivity index (χ0v) is 12.5. The lowest BCUT2D eigenvalue weighted by Crippen LogP contribution is -2.44. The number of aromatic nitrogens is 1. The zero-order valence-electron chi connectivity index (χ0n) is 12.5. The Labute approximate surface area is 125 Å². The summed E-state index contributed by atoms with van der Waals surface area (Å²) in [4.78, 5) is 22.9. The van der Waals surface area contributed by atoms with Crippen LogP contribution in [0.25, 0.3) is 0 Å². The molecule has 1 unspecified atom stereocenters. The van der Waals surface area contributed by atoms with Crippen molar-refractivity contribution in [2.45, 2.75) is 6.42 Å². The van der Waals surface area contributed by atoms with Gasteiger partial charge in [-0.25, -0.2) is 4.98 Å². The van der Waals surface area contributed by atoms with Crippen LogP contribution in [0.5, 0.6) is 0 Å². The third-order valence-corrected chi connectivity index (χ3v) is 4.37. The monoisotopic (exact) mass is 286 g/mol. The van der Waals surface area contributed by atoms with E-state index in [1.165, 1.54) is 0 Å². The number of carbonyl (C=O) groups excluding carboxylic acids is 1. The molecule has 0 saturated carbocycles. The number of likely N-dealkylation sites (N-methyl/N-ethyl adjacent to an activating group) is 1. The fourth-order valence-corrected chi connectivity index (χ4v) is 2.90. The van der Waals surface area contributed by atoms with Crippen molar-refractivity contribution in [2.75, 3.05) is 49.6 Å². The topological polar surface area (TPSA) is 39.7 Å². The van der Waals surface area contributed by atoms with Crippen molar-refractivity contribution in [3.05, 3.63) is 31.0 Å². The van der Waals surface area contributed by atoms with Crippen molar-refractivity contribution in [1.82, 2.24) is 9.88 Å². The molecule has 1 aromatic heterocycles. The summed E-state index contributed by atoms with van der Waals surface area (Å²) in [6, 6.07) is 4.03. The largest absolute Gasteiger partial charge is 0.368 e. The zero-order chi connectivity index (χ0) is 14.8. The summed E-state index contributed by atoms with van der Waals surface area (Å²) in [5.41, 5.74) is 1.14. The molecular formula is C16H22N4O. The first-order valence-corrected chi connectivity index (χ1v) is 7.50. The van der Waals surface area contributed by atoms with Gasteiger partial charge in [0.15, 0.2) is 0 Å². The molecule has 5 nitrogen and oxygen atoms in total. The van der Waals surface area contributed by atoms with Gasteiger partial charge in [-0.1, -0.05) is 6.08 Å². The minimum Gasteiger partial charge on any atom is -0.368 e. The Morgan fingerprint density at radius 2 is 2.05 bits per heavy atom. The second kappa shape index (κ2) is 5.85. The molecule has 2 aliphatic rings. The quantitative estimate of drug-likeness (QED) is 0.787. The molecule has 2 saturated heterocycles. The molecular weight excluding hydrogens is 264 g/mol. The van der Waals surface area contributed by atoms with Crippen LogP contribution in [-0.4, -0.2) is 55.6 Å². The van der Waals surface area contributed by atoms with Gasteiger partial charge in [-0.3, -0.25) is 9.69 Å². The molecule has 1 amide bonds. The van der Waals surface area contributed by atoms with Gasteiger partial charge in [-0.15, -0.1) is 6.58 Å². The van der Waals surface area contributed by atoms with E-state index >= 15 is 0 Å². The molecule has 2 fully saturated rings. The second-order valence-electron chi connectivity index (χ2n) is 5.87. The van der Waals surface area contributed by atoms with Crippen LogP contribution in [0, 0.1) is 5.92 Å². The average molecular weight is 286 g/mol. The number of anilines is 2. The fourth-order valence-electron chi connectivity index (χ4n) is 2.90. The van der Waals surface area contributed by atoms with Crippen LogP contribution in [0.2, 0.25) is 0 Å². The van der Waals surface area contributed by atoms with Gasteiger partial charge in [0.25, 0.3) is 0 Å². The Morgan fingerprint density at radius 3 is 2.62 bits per heavy atom. The second-order valence-corrected chi connectivity index (χ2v) is 5.87. The summed E-state index contributed by atoms with van der Waals surface area (Å²) in [5, 5.41) is 0. The summed E-state index contributed by atoms with van der Waals surface area (Å²) in [5.74, 6) is 1.14. The molecule has 3 heterocycles. The van der Waals surface area contributed by atoms with Crippen LogP contribution in [0.1, 0.15) is 6.42 Å². The van der Waals surface area contributed by atoms with E-state index in [-0.39, 0.29) is 11.8 Å². The molecule has 1 aromatic rings. The third-order valence-electron chi connectivity index (χ3n) is 4.37. The predicted molar refractivity (Wildman–Crippen MR) is 84.6 cm³/mol. The molecule has 0 bridgehead atoms. The van der Waals surface area contributed by atoms with Crippen LogP contribution in [0.15, 0.2) is 31.0 Å². The predicted octanol–water partition coefficient (Wildman–Crippen LogP) is 1.37. The molecule has 0 aliphatic carbocycles. The van der Waals surface area contributed by atoms with Crippen LogP contribution in [0.3, 0.4) is 0 Å². The fraction of sp³-hybridized carbons (Fsp3) is 0.500. The smallest absolute Gasteiger partial charge is 0.228 e. The van der Waals surface area contributed by atoms with Crippen molar-refractivity contribution in [3.63, 3.8) is 0 Å². The Bertz CT molecular complexity index is 520. The normalized spacial score (nSPS) is 23.7. The number of carbonyl (C=O) groups is 1. The molecule has 0 radical (unpaired) electrons. The number of pyridine rings is 1. The molecule has 112 valence electrons. The Morgan fingerprint density at radius 1 is 1.29 bits per heavy atom. The Balaban J connectivity index is 1.69. The molecule has 1 atom stereocenters. The summed E-state index contributed by atoms with van der Waals surface area (Å²) >= 11 is 0. The van der Waals surface area contributed by atoms with Crippen LogP contribution in [0.4, 0.5) is 11.5 Å². The van der Waals surface area contributed by atoms with Crippen LogP contribution in [-0.2, 0) is 4.79 Å². The summed E-state index contributed by atoms with van der Waals surface area (Å²) in [7, 11) is 2.15. The van der Waals surface area contributed by atoms with Gasteiger partial charge < -0.3 is 9.80 Å². The summed E-state index contributed by atoms with van der Waals surface area (Å²) < 4.78 is 0. The average Bonchev–Trinajstić information content (AvgIpc) is 2.89. The maximum Gasteiger partial charge on any atom is 0.228 e. The highest BCUT2D eigenvalue weighted by molar-refractivity contribution is 5.95. The van der Waals surface area contributed by atoms with Gasteiger partial charge in [-0.2, -0.15) is 0 Å². The number of hydrogen-bond donors (Lipinski definition) is 0. The number of amides is 1. The first-order valence-electron chi connectivity index (χ1n) is 7.50. The summed E-state index contributed by atoms with van der Waals surface area (Å²) in [6.07, 6.45) is 4.29. The van der Waals surface area contributed by atoms with E-state index < -0.39 is 0 Å². The van der Waals surface area contributed by atoms with E-state index in [1.54, 1.807) is 4.90 Å². The van der Waals surface area contributed by atoms with Crippen molar-refractivity contribution < 1.29 is 4.79 Å². The van der Waals surface area contributed by atoms with E-state index in [0.717, 1.165) is 37.7 Å². The van der Waals surface area contributed by atoms with Crippen molar-refractivity contribution in [3.8, 4) is 0 Å². The van der Waals surface area contributed by atoms with Crippen molar-refractivity contribution >= 4 is 17.4 Å². The number of piperazine rings is 1. The first-order chi connectivity index (χ1) is 10.2. The number of nitrogens with zero attached hydrogens (tertiary/aromatic N) is 4. The lowest BCUT2D eigenvalue weighted by molar-refractivity contribution is -0.117. The SMILES string of the molecule is C=CC1CC(=O)N(c2ccc(N3CCN(C)CC3)cn2)C1. The van der Waals surface area contributed by atoms with Gasteiger partial charge in [-0.05, 0) is 19.2 Å². The Hall–Kier alpha value is -1.88. The Kier molecular flexibility index (Phi) is 3.92.